The van der Waals surface area contributed by atoms with Gasteiger partial charge in [-0.15, -0.1) is 0 Å². The molecule has 1 aliphatic heterocycles. The van der Waals surface area contributed by atoms with Crippen molar-refractivity contribution in [2.45, 2.75) is 31.7 Å². The molecule has 118 valence electrons. The first-order valence-corrected chi connectivity index (χ1v) is 6.58. The third-order valence-electron chi connectivity index (χ3n) is 3.37. The van der Waals surface area contributed by atoms with E-state index in [2.05, 4.69) is 5.32 Å². The van der Waals surface area contributed by atoms with Crippen LogP contribution in [0.15, 0.2) is 0 Å². The van der Waals surface area contributed by atoms with Crippen LogP contribution in [0, 0.1) is 5.92 Å². The molecule has 9 nitrogen and oxygen atoms in total. The van der Waals surface area contributed by atoms with Crippen LogP contribution in [0.4, 0.5) is 4.79 Å². The number of primary amides is 1. The van der Waals surface area contributed by atoms with Crippen LogP contribution < -0.4 is 11.1 Å². The zero-order valence-electron chi connectivity index (χ0n) is 11.4. The number of nitrogens with two attached hydrogens (primary N) is 1. The molecule has 3 amide bonds. The highest BCUT2D eigenvalue weighted by Crippen LogP contribution is 2.20. The van der Waals surface area contributed by atoms with E-state index in [9.17, 15) is 19.2 Å². The second kappa shape index (κ2) is 7.46. The lowest BCUT2D eigenvalue weighted by Gasteiger charge is -2.32. The summed E-state index contributed by atoms with van der Waals surface area (Å²) < 4.78 is 0. The summed E-state index contributed by atoms with van der Waals surface area (Å²) in [5, 5.41) is 19.7. The summed E-state index contributed by atoms with van der Waals surface area (Å²) in [4.78, 5) is 45.5. The molecule has 0 aliphatic carbocycles. The number of amides is 3. The van der Waals surface area contributed by atoms with Crippen molar-refractivity contribution in [2.75, 3.05) is 13.1 Å². The average Bonchev–Trinajstić information content (AvgIpc) is 2.37. The second-order valence-electron chi connectivity index (χ2n) is 5.04. The molecule has 1 saturated heterocycles. The number of hydrogen-bond acceptors (Lipinski definition) is 4. The lowest BCUT2D eigenvalue weighted by Crippen LogP contribution is -2.50. The minimum absolute atomic E-state index is 0.126. The van der Waals surface area contributed by atoms with Crippen LogP contribution in [-0.2, 0) is 14.4 Å². The third kappa shape index (κ3) is 5.67. The van der Waals surface area contributed by atoms with E-state index in [4.69, 9.17) is 15.9 Å². The second-order valence-corrected chi connectivity index (χ2v) is 5.04. The van der Waals surface area contributed by atoms with E-state index >= 15 is 0 Å². The van der Waals surface area contributed by atoms with Crippen molar-refractivity contribution >= 4 is 23.9 Å². The Morgan fingerprint density at radius 2 is 1.76 bits per heavy atom. The van der Waals surface area contributed by atoms with Gasteiger partial charge in [0.05, 0.1) is 6.42 Å². The van der Waals surface area contributed by atoms with Gasteiger partial charge in [-0.05, 0) is 18.8 Å². The smallest absolute Gasteiger partial charge is 0.326 e. The van der Waals surface area contributed by atoms with E-state index in [1.165, 1.54) is 4.90 Å². The van der Waals surface area contributed by atoms with E-state index < -0.39 is 30.4 Å². The molecule has 1 atom stereocenters. The van der Waals surface area contributed by atoms with Gasteiger partial charge in [-0.25, -0.2) is 9.59 Å². The fourth-order valence-corrected chi connectivity index (χ4v) is 2.24. The SMILES string of the molecule is NC(=O)CC1CCN(C(=O)N[C@@H](CC(=O)O)C(=O)O)CC1. The Morgan fingerprint density at radius 3 is 2.19 bits per heavy atom. The van der Waals surface area contributed by atoms with Crippen LogP contribution in [0.5, 0.6) is 0 Å². The van der Waals surface area contributed by atoms with Gasteiger partial charge in [0.1, 0.15) is 6.04 Å². The maximum absolute atomic E-state index is 11.9. The van der Waals surface area contributed by atoms with Crippen molar-refractivity contribution in [2.24, 2.45) is 11.7 Å². The highest BCUT2D eigenvalue weighted by atomic mass is 16.4. The topological polar surface area (TPSA) is 150 Å². The van der Waals surface area contributed by atoms with Gasteiger partial charge in [0.2, 0.25) is 5.91 Å². The molecular formula is C12H19N3O6. The van der Waals surface area contributed by atoms with Crippen molar-refractivity contribution in [3.63, 3.8) is 0 Å². The number of nitrogens with zero attached hydrogens (tertiary/aromatic N) is 1. The van der Waals surface area contributed by atoms with Gasteiger partial charge in [-0.2, -0.15) is 0 Å². The molecule has 0 bridgehead atoms. The van der Waals surface area contributed by atoms with Crippen LogP contribution >= 0.6 is 0 Å². The number of carbonyl (C=O) groups is 4. The molecule has 0 aromatic heterocycles. The summed E-state index contributed by atoms with van der Waals surface area (Å²) in [5.41, 5.74) is 5.11. The zero-order valence-corrected chi connectivity index (χ0v) is 11.4. The minimum atomic E-state index is -1.46. The number of urea groups is 1. The summed E-state index contributed by atoms with van der Waals surface area (Å²) in [6.07, 6.45) is 0.797. The standard InChI is InChI=1S/C12H19N3O6/c13-9(16)5-7-1-3-15(4-2-7)12(21)14-8(11(19)20)6-10(17)18/h7-8H,1-6H2,(H2,13,16)(H,14,21)(H,17,18)(H,19,20)/t8-/m0/s1. The van der Waals surface area contributed by atoms with Gasteiger partial charge in [0.25, 0.3) is 0 Å². The molecule has 0 saturated carbocycles. The number of hydrogen-bond donors (Lipinski definition) is 4. The van der Waals surface area contributed by atoms with Gasteiger partial charge in [0.15, 0.2) is 0 Å². The van der Waals surface area contributed by atoms with Crippen LogP contribution in [0.2, 0.25) is 0 Å². The Morgan fingerprint density at radius 1 is 1.19 bits per heavy atom. The van der Waals surface area contributed by atoms with Crippen LogP contribution in [0.25, 0.3) is 0 Å². The summed E-state index contributed by atoms with van der Waals surface area (Å²) in [6.45, 7) is 0.756. The van der Waals surface area contributed by atoms with Crippen molar-refractivity contribution in [1.82, 2.24) is 10.2 Å². The molecule has 0 unspecified atom stereocenters. The molecule has 1 heterocycles. The van der Waals surface area contributed by atoms with E-state index in [0.717, 1.165) is 0 Å². The fourth-order valence-electron chi connectivity index (χ4n) is 2.24. The van der Waals surface area contributed by atoms with Crippen molar-refractivity contribution in [1.29, 1.82) is 0 Å². The normalized spacial score (nSPS) is 17.0. The van der Waals surface area contributed by atoms with Crippen molar-refractivity contribution in [3.05, 3.63) is 0 Å². The molecular weight excluding hydrogens is 282 g/mol. The zero-order chi connectivity index (χ0) is 16.0. The third-order valence-corrected chi connectivity index (χ3v) is 3.37. The lowest BCUT2D eigenvalue weighted by molar-refractivity contribution is -0.145. The summed E-state index contributed by atoms with van der Waals surface area (Å²) >= 11 is 0. The molecule has 1 fully saturated rings. The molecule has 0 aromatic carbocycles. The Balaban J connectivity index is 2.47. The van der Waals surface area contributed by atoms with Gasteiger partial charge in [-0.1, -0.05) is 0 Å². The molecule has 9 heteroatoms. The Labute approximate surface area is 121 Å². The van der Waals surface area contributed by atoms with Crippen LogP contribution in [0.1, 0.15) is 25.7 Å². The number of aliphatic carboxylic acids is 2. The average molecular weight is 301 g/mol. The monoisotopic (exact) mass is 301 g/mol. The predicted molar refractivity (Wildman–Crippen MR) is 70.3 cm³/mol. The summed E-state index contributed by atoms with van der Waals surface area (Å²) in [6, 6.07) is -2.07. The van der Waals surface area contributed by atoms with Gasteiger partial charge < -0.3 is 26.2 Å². The Kier molecular flexibility index (Phi) is 5.94. The summed E-state index contributed by atoms with van der Waals surface area (Å²) in [7, 11) is 0. The van der Waals surface area contributed by atoms with Crippen LogP contribution in [0.3, 0.4) is 0 Å². The number of nitrogens with one attached hydrogen (secondary N) is 1. The molecule has 1 rings (SSSR count). The number of carboxylic acids is 2. The number of likely N-dealkylation sites (tertiary alicyclic amines) is 1. The fraction of sp³-hybridized carbons (Fsp3) is 0.667. The maximum Gasteiger partial charge on any atom is 0.326 e. The highest BCUT2D eigenvalue weighted by molar-refractivity contribution is 5.86. The highest BCUT2D eigenvalue weighted by Gasteiger charge is 2.28. The van der Waals surface area contributed by atoms with E-state index in [-0.39, 0.29) is 18.2 Å². The minimum Gasteiger partial charge on any atom is -0.481 e. The number of rotatable bonds is 6. The molecule has 0 spiro atoms. The van der Waals surface area contributed by atoms with Crippen molar-refractivity contribution < 1.29 is 29.4 Å². The molecule has 21 heavy (non-hydrogen) atoms. The van der Waals surface area contributed by atoms with Gasteiger partial charge in [0, 0.05) is 19.5 Å². The van der Waals surface area contributed by atoms with E-state index in [1.807, 2.05) is 0 Å². The largest absolute Gasteiger partial charge is 0.481 e. The summed E-state index contributed by atoms with van der Waals surface area (Å²) in [5.74, 6) is -2.96. The number of piperidine rings is 1. The molecule has 0 radical (unpaired) electrons. The van der Waals surface area contributed by atoms with E-state index in [0.29, 0.717) is 25.9 Å². The van der Waals surface area contributed by atoms with Gasteiger partial charge >= 0.3 is 18.0 Å². The van der Waals surface area contributed by atoms with E-state index in [1.54, 1.807) is 0 Å². The Hall–Kier alpha value is -2.32. The first kappa shape index (κ1) is 16.7. The maximum atomic E-state index is 11.9. The molecule has 1 aliphatic rings. The predicted octanol–water partition coefficient (Wildman–Crippen LogP) is -0.789. The first-order chi connectivity index (χ1) is 9.79. The Bertz CT molecular complexity index is 431. The number of carboxylic acid groups (broad SMARTS) is 2. The van der Waals surface area contributed by atoms with Crippen LogP contribution in [-0.4, -0.2) is 58.1 Å². The first-order valence-electron chi connectivity index (χ1n) is 6.58. The lowest BCUT2D eigenvalue weighted by atomic mass is 9.93. The number of carbonyl (C=O) groups excluding carboxylic acids is 2. The molecule has 5 N–H and O–H groups in total. The van der Waals surface area contributed by atoms with Gasteiger partial charge in [-0.3, -0.25) is 9.59 Å². The molecule has 0 aromatic rings. The van der Waals surface area contributed by atoms with Crippen molar-refractivity contribution in [3.8, 4) is 0 Å². The quantitative estimate of drug-likeness (QED) is 0.505.